The smallest absolute Gasteiger partial charge is 0.317 e. The van der Waals surface area contributed by atoms with E-state index in [4.69, 9.17) is 5.11 Å². The minimum atomic E-state index is -0.755. The van der Waals surface area contributed by atoms with Gasteiger partial charge in [0, 0.05) is 25.6 Å². The van der Waals surface area contributed by atoms with Gasteiger partial charge in [-0.25, -0.2) is 4.79 Å². The van der Waals surface area contributed by atoms with Crippen LogP contribution in [0.4, 0.5) is 4.79 Å². The number of nitrogens with one attached hydrogen (secondary N) is 1. The van der Waals surface area contributed by atoms with Crippen LogP contribution in [0.5, 0.6) is 0 Å². The van der Waals surface area contributed by atoms with Crippen LogP contribution >= 0.6 is 11.8 Å². The second kappa shape index (κ2) is 9.10. The second-order valence-corrected chi connectivity index (χ2v) is 6.76. The number of hydrogen-bond acceptors (Lipinski definition) is 3. The molecular formula is C14H26N2O3S. The van der Waals surface area contributed by atoms with Crippen molar-refractivity contribution < 1.29 is 14.7 Å². The second-order valence-electron chi connectivity index (χ2n) is 5.37. The summed E-state index contributed by atoms with van der Waals surface area (Å²) in [5.74, 6) is 1.76. The molecule has 1 rings (SSSR count). The van der Waals surface area contributed by atoms with Gasteiger partial charge in [-0.15, -0.1) is 0 Å². The molecule has 2 atom stereocenters. The van der Waals surface area contributed by atoms with E-state index in [0.717, 1.165) is 30.9 Å². The van der Waals surface area contributed by atoms with Crippen LogP contribution in [0.15, 0.2) is 0 Å². The maximum absolute atomic E-state index is 12.1. The van der Waals surface area contributed by atoms with Crippen molar-refractivity contribution in [2.24, 2.45) is 5.92 Å². The number of hydrogen-bond donors (Lipinski definition) is 2. The molecule has 1 heterocycles. The molecule has 0 saturated carbocycles. The zero-order chi connectivity index (χ0) is 15.0. The van der Waals surface area contributed by atoms with E-state index in [1.165, 1.54) is 0 Å². The number of likely N-dealkylation sites (tertiary alicyclic amines) is 1. The van der Waals surface area contributed by atoms with Crippen LogP contribution < -0.4 is 5.32 Å². The molecule has 0 radical (unpaired) electrons. The molecule has 2 amide bonds. The Balaban J connectivity index is 2.22. The van der Waals surface area contributed by atoms with Crippen molar-refractivity contribution in [3.63, 3.8) is 0 Å². The van der Waals surface area contributed by atoms with E-state index in [9.17, 15) is 9.59 Å². The SMILES string of the molecule is CCSCCC(C)NC(=O)N1CCC(CCC(=O)O)C1. The Labute approximate surface area is 125 Å². The van der Waals surface area contributed by atoms with E-state index in [0.29, 0.717) is 18.9 Å². The molecule has 1 aliphatic heterocycles. The summed E-state index contributed by atoms with van der Waals surface area (Å²) in [7, 11) is 0. The van der Waals surface area contributed by atoms with Gasteiger partial charge in [0.2, 0.25) is 0 Å². The molecule has 0 spiro atoms. The normalized spacial score (nSPS) is 19.9. The van der Waals surface area contributed by atoms with Crippen LogP contribution in [0.25, 0.3) is 0 Å². The fraction of sp³-hybridized carbons (Fsp3) is 0.857. The van der Waals surface area contributed by atoms with Crippen molar-refractivity contribution in [2.45, 2.75) is 45.6 Å². The molecule has 1 saturated heterocycles. The van der Waals surface area contributed by atoms with Gasteiger partial charge in [0.25, 0.3) is 0 Å². The summed E-state index contributed by atoms with van der Waals surface area (Å²) in [6.07, 6.45) is 2.77. The van der Waals surface area contributed by atoms with E-state index in [2.05, 4.69) is 12.2 Å². The minimum Gasteiger partial charge on any atom is -0.481 e. The van der Waals surface area contributed by atoms with Crippen LogP contribution in [-0.2, 0) is 4.79 Å². The van der Waals surface area contributed by atoms with Crippen LogP contribution in [0.3, 0.4) is 0 Å². The van der Waals surface area contributed by atoms with E-state index >= 15 is 0 Å². The molecule has 0 aromatic carbocycles. The van der Waals surface area contributed by atoms with Crippen molar-refractivity contribution in [3.05, 3.63) is 0 Å². The van der Waals surface area contributed by atoms with E-state index in [1.807, 2.05) is 23.6 Å². The number of rotatable bonds is 8. The highest BCUT2D eigenvalue weighted by Gasteiger charge is 2.26. The van der Waals surface area contributed by atoms with Gasteiger partial charge in [0.15, 0.2) is 0 Å². The summed E-state index contributed by atoms with van der Waals surface area (Å²) in [4.78, 5) is 24.4. The molecule has 20 heavy (non-hydrogen) atoms. The van der Waals surface area contributed by atoms with Crippen molar-refractivity contribution in [2.75, 3.05) is 24.6 Å². The predicted molar refractivity (Wildman–Crippen MR) is 82.2 cm³/mol. The van der Waals surface area contributed by atoms with Crippen LogP contribution in [0.1, 0.15) is 39.5 Å². The summed E-state index contributed by atoms with van der Waals surface area (Å²) in [6, 6.07) is 0.191. The monoisotopic (exact) mass is 302 g/mol. The lowest BCUT2D eigenvalue weighted by Gasteiger charge is -2.21. The zero-order valence-corrected chi connectivity index (χ0v) is 13.2. The van der Waals surface area contributed by atoms with Gasteiger partial charge in [0.1, 0.15) is 0 Å². The van der Waals surface area contributed by atoms with Gasteiger partial charge < -0.3 is 15.3 Å². The van der Waals surface area contributed by atoms with Gasteiger partial charge in [-0.05, 0) is 43.6 Å². The third-order valence-corrected chi connectivity index (χ3v) is 4.54. The molecule has 2 N–H and O–H groups in total. The lowest BCUT2D eigenvalue weighted by molar-refractivity contribution is -0.137. The highest BCUT2D eigenvalue weighted by Crippen LogP contribution is 2.21. The zero-order valence-electron chi connectivity index (χ0n) is 12.4. The predicted octanol–water partition coefficient (Wildman–Crippen LogP) is 2.41. The fourth-order valence-electron chi connectivity index (χ4n) is 2.36. The number of thioether (sulfide) groups is 1. The van der Waals surface area contributed by atoms with Crippen LogP contribution in [0, 0.1) is 5.92 Å². The van der Waals surface area contributed by atoms with E-state index in [-0.39, 0.29) is 18.5 Å². The molecule has 0 bridgehead atoms. The fourth-order valence-corrected chi connectivity index (χ4v) is 3.17. The number of urea groups is 1. The van der Waals surface area contributed by atoms with Crippen LogP contribution in [0.2, 0.25) is 0 Å². The molecule has 1 fully saturated rings. The summed E-state index contributed by atoms with van der Waals surface area (Å²) in [5.41, 5.74) is 0. The lowest BCUT2D eigenvalue weighted by atomic mass is 10.0. The Morgan fingerprint density at radius 1 is 1.50 bits per heavy atom. The number of carboxylic acids is 1. The Morgan fingerprint density at radius 2 is 2.25 bits per heavy atom. The number of carboxylic acid groups (broad SMARTS) is 1. The lowest BCUT2D eigenvalue weighted by Crippen LogP contribution is -2.43. The van der Waals surface area contributed by atoms with Crippen molar-refractivity contribution >= 4 is 23.8 Å². The first-order valence-electron chi connectivity index (χ1n) is 7.37. The number of carbonyl (C=O) groups is 2. The minimum absolute atomic E-state index is 0.00294. The third kappa shape index (κ3) is 6.50. The van der Waals surface area contributed by atoms with Crippen LogP contribution in [-0.4, -0.2) is 52.6 Å². The summed E-state index contributed by atoms with van der Waals surface area (Å²) >= 11 is 1.88. The first-order chi connectivity index (χ1) is 9.52. The van der Waals surface area contributed by atoms with E-state index < -0.39 is 5.97 Å². The number of aliphatic carboxylic acids is 1. The summed E-state index contributed by atoms with van der Waals surface area (Å²) in [6.45, 7) is 5.60. The molecule has 0 aromatic heterocycles. The third-order valence-electron chi connectivity index (χ3n) is 3.61. The molecule has 2 unspecified atom stereocenters. The van der Waals surface area contributed by atoms with Crippen molar-refractivity contribution in [3.8, 4) is 0 Å². The maximum Gasteiger partial charge on any atom is 0.317 e. The molecule has 6 heteroatoms. The number of carbonyl (C=O) groups excluding carboxylic acids is 1. The first-order valence-corrected chi connectivity index (χ1v) is 8.53. The topological polar surface area (TPSA) is 69.6 Å². The highest BCUT2D eigenvalue weighted by molar-refractivity contribution is 7.99. The number of amides is 2. The van der Waals surface area contributed by atoms with Crippen molar-refractivity contribution in [1.82, 2.24) is 10.2 Å². The average molecular weight is 302 g/mol. The Morgan fingerprint density at radius 3 is 2.90 bits per heavy atom. The average Bonchev–Trinajstić information content (AvgIpc) is 2.85. The van der Waals surface area contributed by atoms with Gasteiger partial charge in [-0.3, -0.25) is 4.79 Å². The molecular weight excluding hydrogens is 276 g/mol. The Hall–Kier alpha value is -0.910. The Bertz CT molecular complexity index is 326. The van der Waals surface area contributed by atoms with E-state index in [1.54, 1.807) is 0 Å². The first kappa shape index (κ1) is 17.1. The van der Waals surface area contributed by atoms with Gasteiger partial charge >= 0.3 is 12.0 Å². The maximum atomic E-state index is 12.1. The quantitative estimate of drug-likeness (QED) is 0.676. The summed E-state index contributed by atoms with van der Waals surface area (Å²) in [5, 5.41) is 11.7. The van der Waals surface area contributed by atoms with Crippen molar-refractivity contribution in [1.29, 1.82) is 0 Å². The van der Waals surface area contributed by atoms with Gasteiger partial charge in [-0.2, -0.15) is 11.8 Å². The standard InChI is InChI=1S/C14H26N2O3S/c1-3-20-9-7-11(2)15-14(19)16-8-6-12(10-16)4-5-13(17)18/h11-12H,3-10H2,1-2H3,(H,15,19)(H,17,18). The largest absolute Gasteiger partial charge is 0.481 e. The van der Waals surface area contributed by atoms with Gasteiger partial charge in [0.05, 0.1) is 0 Å². The molecule has 0 aliphatic carbocycles. The Kier molecular flexibility index (Phi) is 7.80. The molecule has 5 nitrogen and oxygen atoms in total. The molecule has 1 aliphatic rings. The number of nitrogens with zero attached hydrogens (tertiary/aromatic N) is 1. The molecule has 0 aromatic rings. The summed E-state index contributed by atoms with van der Waals surface area (Å²) < 4.78 is 0. The molecule has 116 valence electrons. The highest BCUT2D eigenvalue weighted by atomic mass is 32.2. The van der Waals surface area contributed by atoms with Gasteiger partial charge in [-0.1, -0.05) is 6.92 Å².